The molecule has 17 heavy (non-hydrogen) atoms. The van der Waals surface area contributed by atoms with Gasteiger partial charge in [-0.05, 0) is 25.8 Å². The predicted octanol–water partition coefficient (Wildman–Crippen LogP) is 2.57. The number of aromatic nitrogens is 2. The Balaban J connectivity index is 1.86. The van der Waals surface area contributed by atoms with Crippen LogP contribution in [-0.2, 0) is 5.75 Å². The Morgan fingerprint density at radius 1 is 1.59 bits per heavy atom. The number of hydrogen-bond acceptors (Lipinski definition) is 5. The smallest absolute Gasteiger partial charge is 0.231 e. The minimum Gasteiger partial charge on any atom is -0.339 e. The van der Waals surface area contributed by atoms with Crippen molar-refractivity contribution in [3.8, 4) is 0 Å². The molecular weight excluding hydrogens is 234 g/mol. The Morgan fingerprint density at radius 2 is 2.47 bits per heavy atom. The van der Waals surface area contributed by atoms with Gasteiger partial charge in [0.15, 0.2) is 5.82 Å². The molecule has 2 atom stereocenters. The average Bonchev–Trinajstić information content (AvgIpc) is 2.86. The van der Waals surface area contributed by atoms with Gasteiger partial charge < -0.3 is 9.84 Å². The van der Waals surface area contributed by atoms with Crippen molar-refractivity contribution >= 4 is 11.8 Å². The van der Waals surface area contributed by atoms with E-state index in [1.54, 1.807) is 0 Å². The number of rotatable bonds is 5. The van der Waals surface area contributed by atoms with Gasteiger partial charge in [0.05, 0.1) is 11.7 Å². The van der Waals surface area contributed by atoms with Crippen LogP contribution in [0.1, 0.15) is 50.7 Å². The van der Waals surface area contributed by atoms with Crippen LogP contribution in [0.5, 0.6) is 0 Å². The molecule has 0 saturated carbocycles. The van der Waals surface area contributed by atoms with Crippen molar-refractivity contribution in [2.24, 2.45) is 0 Å². The van der Waals surface area contributed by atoms with Crippen LogP contribution in [0.2, 0.25) is 0 Å². The second-order valence-corrected chi connectivity index (χ2v) is 6.05. The fourth-order valence-corrected chi connectivity index (χ4v) is 2.68. The van der Waals surface area contributed by atoms with E-state index in [0.29, 0.717) is 11.2 Å². The van der Waals surface area contributed by atoms with E-state index in [9.17, 15) is 0 Å². The van der Waals surface area contributed by atoms with E-state index in [1.165, 1.54) is 12.8 Å². The quantitative estimate of drug-likeness (QED) is 0.876. The second kappa shape index (κ2) is 6.40. The predicted molar refractivity (Wildman–Crippen MR) is 70.2 cm³/mol. The number of thioether (sulfide) groups is 1. The van der Waals surface area contributed by atoms with Gasteiger partial charge >= 0.3 is 0 Å². The monoisotopic (exact) mass is 255 g/mol. The van der Waals surface area contributed by atoms with Gasteiger partial charge in [-0.3, -0.25) is 0 Å². The van der Waals surface area contributed by atoms with E-state index < -0.39 is 0 Å². The first-order valence-electron chi connectivity index (χ1n) is 6.44. The lowest BCUT2D eigenvalue weighted by Crippen LogP contribution is -2.28. The molecule has 4 nitrogen and oxygen atoms in total. The van der Waals surface area contributed by atoms with Crippen molar-refractivity contribution in [3.05, 3.63) is 11.7 Å². The third kappa shape index (κ3) is 3.71. The van der Waals surface area contributed by atoms with Crippen LogP contribution in [0.4, 0.5) is 0 Å². The largest absolute Gasteiger partial charge is 0.339 e. The minimum atomic E-state index is 0.415. The van der Waals surface area contributed by atoms with Crippen LogP contribution >= 0.6 is 11.8 Å². The van der Waals surface area contributed by atoms with E-state index in [2.05, 4.69) is 29.3 Å². The van der Waals surface area contributed by atoms with Gasteiger partial charge in [-0.2, -0.15) is 16.7 Å². The molecule has 0 aliphatic carbocycles. The van der Waals surface area contributed by atoms with Gasteiger partial charge in [0.2, 0.25) is 5.89 Å². The Bertz CT molecular complexity index is 336. The molecule has 1 N–H and O–H groups in total. The maximum Gasteiger partial charge on any atom is 0.231 e. The summed E-state index contributed by atoms with van der Waals surface area (Å²) in [4.78, 5) is 4.50. The summed E-state index contributed by atoms with van der Waals surface area (Å²) in [6.45, 7) is 6.52. The summed E-state index contributed by atoms with van der Waals surface area (Å²) in [7, 11) is 0. The van der Waals surface area contributed by atoms with Gasteiger partial charge in [-0.1, -0.05) is 19.0 Å². The van der Waals surface area contributed by atoms with E-state index in [-0.39, 0.29) is 0 Å². The van der Waals surface area contributed by atoms with Gasteiger partial charge in [0, 0.05) is 11.8 Å². The maximum absolute atomic E-state index is 5.36. The Kier molecular flexibility index (Phi) is 4.86. The summed E-state index contributed by atoms with van der Waals surface area (Å²) in [5, 5.41) is 8.09. The van der Waals surface area contributed by atoms with E-state index in [1.807, 2.05) is 11.8 Å². The van der Waals surface area contributed by atoms with Crippen LogP contribution < -0.4 is 5.32 Å². The molecule has 2 rings (SSSR count). The summed E-state index contributed by atoms with van der Waals surface area (Å²) in [5.41, 5.74) is 0. The van der Waals surface area contributed by atoms with E-state index in [0.717, 1.165) is 37.0 Å². The van der Waals surface area contributed by atoms with Crippen molar-refractivity contribution in [2.75, 3.05) is 13.1 Å². The van der Waals surface area contributed by atoms with Gasteiger partial charge in [0.25, 0.3) is 0 Å². The first kappa shape index (κ1) is 12.9. The molecule has 0 spiro atoms. The molecule has 1 saturated heterocycles. The second-order valence-electron chi connectivity index (χ2n) is 4.62. The molecule has 1 aliphatic rings. The number of piperidine rings is 1. The van der Waals surface area contributed by atoms with Crippen LogP contribution in [0, 0.1) is 0 Å². The normalized spacial score (nSPS) is 22.6. The molecule has 0 amide bonds. The van der Waals surface area contributed by atoms with Crippen LogP contribution in [-0.4, -0.2) is 28.5 Å². The van der Waals surface area contributed by atoms with Crippen molar-refractivity contribution in [1.82, 2.24) is 15.5 Å². The molecule has 96 valence electrons. The molecule has 5 heteroatoms. The first-order chi connectivity index (χ1) is 8.29. The molecule has 1 aromatic heterocycles. The third-order valence-corrected chi connectivity index (χ3v) is 4.53. The molecule has 0 radical (unpaired) electrons. The van der Waals surface area contributed by atoms with Crippen LogP contribution in [0.25, 0.3) is 0 Å². The lowest BCUT2D eigenvalue weighted by Gasteiger charge is -2.18. The van der Waals surface area contributed by atoms with Crippen molar-refractivity contribution < 1.29 is 4.52 Å². The molecular formula is C12H21N3OS. The number of nitrogens with one attached hydrogen (secondary N) is 1. The summed E-state index contributed by atoms with van der Waals surface area (Å²) < 4.78 is 5.36. The Hall–Kier alpha value is -0.550. The van der Waals surface area contributed by atoms with Gasteiger partial charge in [-0.15, -0.1) is 0 Å². The zero-order valence-electron chi connectivity index (χ0n) is 10.6. The molecule has 0 bridgehead atoms. The number of nitrogens with zero attached hydrogens (tertiary/aromatic N) is 2. The SMILES string of the molecule is CCC(C)SCc1noc([C@H]2CCCNC2)n1. The molecule has 1 unspecified atom stereocenters. The average molecular weight is 255 g/mol. The molecule has 1 aliphatic heterocycles. The molecule has 1 fully saturated rings. The highest BCUT2D eigenvalue weighted by Crippen LogP contribution is 2.23. The van der Waals surface area contributed by atoms with E-state index >= 15 is 0 Å². The van der Waals surface area contributed by atoms with Gasteiger partial charge in [0.1, 0.15) is 0 Å². The minimum absolute atomic E-state index is 0.415. The molecule has 2 heterocycles. The number of hydrogen-bond donors (Lipinski definition) is 1. The van der Waals surface area contributed by atoms with Crippen molar-refractivity contribution in [3.63, 3.8) is 0 Å². The zero-order valence-corrected chi connectivity index (χ0v) is 11.4. The third-order valence-electron chi connectivity index (χ3n) is 3.20. The Labute approximate surface area is 107 Å². The van der Waals surface area contributed by atoms with Crippen molar-refractivity contribution in [2.45, 2.75) is 50.0 Å². The standard InChI is InChI=1S/C12H21N3OS/c1-3-9(2)17-8-11-14-12(16-15-11)10-5-4-6-13-7-10/h9-10,13H,3-8H2,1-2H3/t9?,10-/m0/s1. The lowest BCUT2D eigenvalue weighted by atomic mass is 10.00. The zero-order chi connectivity index (χ0) is 12.1. The summed E-state index contributed by atoms with van der Waals surface area (Å²) >= 11 is 1.89. The van der Waals surface area contributed by atoms with Crippen LogP contribution in [0.3, 0.4) is 0 Å². The fourth-order valence-electron chi connectivity index (χ4n) is 1.89. The lowest BCUT2D eigenvalue weighted by molar-refractivity contribution is 0.320. The molecule has 1 aromatic rings. The van der Waals surface area contributed by atoms with Crippen LogP contribution in [0.15, 0.2) is 4.52 Å². The highest BCUT2D eigenvalue weighted by molar-refractivity contribution is 7.99. The van der Waals surface area contributed by atoms with Crippen molar-refractivity contribution in [1.29, 1.82) is 0 Å². The topological polar surface area (TPSA) is 51.0 Å². The summed E-state index contributed by atoms with van der Waals surface area (Å²) in [5.74, 6) is 2.94. The highest BCUT2D eigenvalue weighted by Gasteiger charge is 2.21. The molecule has 0 aromatic carbocycles. The van der Waals surface area contributed by atoms with Gasteiger partial charge in [-0.25, -0.2) is 0 Å². The van der Waals surface area contributed by atoms with E-state index in [4.69, 9.17) is 4.52 Å². The highest BCUT2D eigenvalue weighted by atomic mass is 32.2. The summed E-state index contributed by atoms with van der Waals surface area (Å²) in [6.07, 6.45) is 3.54. The maximum atomic E-state index is 5.36. The summed E-state index contributed by atoms with van der Waals surface area (Å²) in [6, 6.07) is 0. The first-order valence-corrected chi connectivity index (χ1v) is 7.49. The Morgan fingerprint density at radius 3 is 3.18 bits per heavy atom. The fraction of sp³-hybridized carbons (Fsp3) is 0.833.